The van der Waals surface area contributed by atoms with Crippen LogP contribution in [-0.2, 0) is 14.8 Å². The van der Waals surface area contributed by atoms with Gasteiger partial charge in [-0.3, -0.25) is 5.10 Å². The van der Waals surface area contributed by atoms with Crippen molar-refractivity contribution in [1.29, 1.82) is 0 Å². The van der Waals surface area contributed by atoms with E-state index in [9.17, 15) is 13.2 Å². The second-order valence-electron chi connectivity index (χ2n) is 5.72. The van der Waals surface area contributed by atoms with Gasteiger partial charge in [-0.1, -0.05) is 6.92 Å². The van der Waals surface area contributed by atoms with Crippen molar-refractivity contribution in [3.63, 3.8) is 0 Å². The summed E-state index contributed by atoms with van der Waals surface area (Å²) in [5, 5.41) is 9.02. The first kappa shape index (κ1) is 16.9. The number of rotatable bonds is 6. The summed E-state index contributed by atoms with van der Waals surface area (Å²) in [5.74, 6) is -0.704. The van der Waals surface area contributed by atoms with Crippen LogP contribution in [-0.4, -0.2) is 50.8 Å². The monoisotopic (exact) mass is 330 g/mol. The summed E-state index contributed by atoms with van der Waals surface area (Å²) in [7, 11) is -3.84. The van der Waals surface area contributed by atoms with Crippen LogP contribution < -0.4 is 10.0 Å². The van der Waals surface area contributed by atoms with Gasteiger partial charge in [0.05, 0.1) is 12.8 Å². The molecule has 1 aliphatic rings. The second-order valence-corrected chi connectivity index (χ2v) is 7.42. The van der Waals surface area contributed by atoms with E-state index in [4.69, 9.17) is 4.74 Å². The lowest BCUT2D eigenvalue weighted by Crippen LogP contribution is -2.43. The molecular formula is C13H22N4O4S. The minimum atomic E-state index is -3.84. The Morgan fingerprint density at radius 3 is 2.77 bits per heavy atom. The van der Waals surface area contributed by atoms with Crippen molar-refractivity contribution in [3.05, 3.63) is 11.8 Å². The standard InChI is InChI=1S/C13H22N4O4S/c1-3-21-12(18)10-8-15-17-11(10)22(19,20)16-9-13(2)4-6-14-7-5-13/h8,14,16H,3-7,9H2,1-2H3,(H,15,17). The van der Waals surface area contributed by atoms with Gasteiger partial charge in [0.25, 0.3) is 10.0 Å². The highest BCUT2D eigenvalue weighted by Gasteiger charge is 2.31. The number of nitrogens with zero attached hydrogens (tertiary/aromatic N) is 1. The van der Waals surface area contributed by atoms with Crippen molar-refractivity contribution in [1.82, 2.24) is 20.2 Å². The zero-order valence-electron chi connectivity index (χ0n) is 12.8. The van der Waals surface area contributed by atoms with E-state index >= 15 is 0 Å². The Morgan fingerprint density at radius 2 is 2.14 bits per heavy atom. The minimum Gasteiger partial charge on any atom is -0.462 e. The highest BCUT2D eigenvalue weighted by atomic mass is 32.2. The van der Waals surface area contributed by atoms with E-state index < -0.39 is 16.0 Å². The van der Waals surface area contributed by atoms with Crippen molar-refractivity contribution >= 4 is 16.0 Å². The molecule has 2 heterocycles. The van der Waals surface area contributed by atoms with Crippen molar-refractivity contribution in [2.45, 2.75) is 31.7 Å². The number of nitrogens with one attached hydrogen (secondary N) is 3. The van der Waals surface area contributed by atoms with Crippen LogP contribution in [0, 0.1) is 5.41 Å². The summed E-state index contributed by atoms with van der Waals surface area (Å²) in [5.41, 5.74) is -0.174. The molecular weight excluding hydrogens is 308 g/mol. The van der Waals surface area contributed by atoms with E-state index in [0.29, 0.717) is 6.54 Å². The molecule has 1 saturated heterocycles. The third-order valence-corrected chi connectivity index (χ3v) is 5.24. The summed E-state index contributed by atoms with van der Waals surface area (Å²) in [6, 6.07) is 0. The Morgan fingerprint density at radius 1 is 1.45 bits per heavy atom. The number of carbonyl (C=O) groups is 1. The molecule has 0 saturated carbocycles. The molecule has 3 N–H and O–H groups in total. The second kappa shape index (κ2) is 6.76. The molecule has 0 aromatic carbocycles. The van der Waals surface area contributed by atoms with Crippen LogP contribution in [0.2, 0.25) is 0 Å². The largest absolute Gasteiger partial charge is 0.462 e. The zero-order valence-corrected chi connectivity index (χ0v) is 13.6. The smallest absolute Gasteiger partial charge is 0.342 e. The molecule has 9 heteroatoms. The fourth-order valence-electron chi connectivity index (χ4n) is 2.38. The summed E-state index contributed by atoms with van der Waals surface area (Å²) in [6.45, 7) is 5.94. The van der Waals surface area contributed by atoms with Crippen LogP contribution in [0.5, 0.6) is 0 Å². The van der Waals surface area contributed by atoms with Gasteiger partial charge in [0.15, 0.2) is 5.03 Å². The van der Waals surface area contributed by atoms with E-state index in [1.807, 2.05) is 0 Å². The van der Waals surface area contributed by atoms with Gasteiger partial charge >= 0.3 is 5.97 Å². The average molecular weight is 330 g/mol. The maximum atomic E-state index is 12.4. The van der Waals surface area contributed by atoms with Crippen LogP contribution in [0.3, 0.4) is 0 Å². The Kier molecular flexibility index (Phi) is 5.20. The van der Waals surface area contributed by atoms with E-state index in [2.05, 4.69) is 27.2 Å². The molecule has 0 amide bonds. The average Bonchev–Trinajstić information content (AvgIpc) is 2.97. The Hall–Kier alpha value is -1.45. The fraction of sp³-hybridized carbons (Fsp3) is 0.692. The van der Waals surface area contributed by atoms with Gasteiger partial charge in [0, 0.05) is 6.54 Å². The summed E-state index contributed by atoms with van der Waals surface area (Å²) >= 11 is 0. The number of piperidine rings is 1. The molecule has 0 radical (unpaired) electrons. The predicted molar refractivity (Wildman–Crippen MR) is 79.9 cm³/mol. The summed E-state index contributed by atoms with van der Waals surface area (Å²) in [4.78, 5) is 11.8. The zero-order chi connectivity index (χ0) is 16.2. The molecule has 8 nitrogen and oxygen atoms in total. The molecule has 124 valence electrons. The first-order valence-corrected chi connectivity index (χ1v) is 8.77. The minimum absolute atomic E-state index is 0.0789. The van der Waals surface area contributed by atoms with Crippen LogP contribution >= 0.6 is 0 Å². The highest BCUT2D eigenvalue weighted by molar-refractivity contribution is 7.89. The maximum absolute atomic E-state index is 12.4. The lowest BCUT2D eigenvalue weighted by atomic mass is 9.81. The van der Waals surface area contributed by atoms with Gasteiger partial charge in [-0.15, -0.1) is 0 Å². The molecule has 2 rings (SSSR count). The van der Waals surface area contributed by atoms with Crippen LogP contribution in [0.4, 0.5) is 0 Å². The number of sulfonamides is 1. The normalized spacial score (nSPS) is 18.1. The fourth-order valence-corrected chi connectivity index (χ4v) is 3.66. The first-order valence-electron chi connectivity index (χ1n) is 7.29. The van der Waals surface area contributed by atoms with Crippen LogP contribution in [0.15, 0.2) is 11.2 Å². The first-order chi connectivity index (χ1) is 10.4. The molecule has 1 aromatic heterocycles. The molecule has 1 fully saturated rings. The van der Waals surface area contributed by atoms with E-state index in [-0.39, 0.29) is 22.6 Å². The molecule has 1 aliphatic heterocycles. The van der Waals surface area contributed by atoms with Gasteiger partial charge in [-0.2, -0.15) is 5.10 Å². The quantitative estimate of drug-likeness (QED) is 0.645. The Labute approximate surface area is 130 Å². The predicted octanol–water partition coefficient (Wildman–Crippen LogP) is 0.254. The molecule has 0 aliphatic carbocycles. The number of carbonyl (C=O) groups excluding carboxylic acids is 1. The molecule has 22 heavy (non-hydrogen) atoms. The third kappa shape index (κ3) is 3.84. The Balaban J connectivity index is 2.11. The van der Waals surface area contributed by atoms with Crippen LogP contribution in [0.25, 0.3) is 0 Å². The molecule has 1 aromatic rings. The lowest BCUT2D eigenvalue weighted by Gasteiger charge is -2.33. The third-order valence-electron chi connectivity index (χ3n) is 3.87. The van der Waals surface area contributed by atoms with Crippen LogP contribution in [0.1, 0.15) is 37.0 Å². The van der Waals surface area contributed by atoms with Crippen molar-refractivity contribution < 1.29 is 17.9 Å². The van der Waals surface area contributed by atoms with E-state index in [1.165, 1.54) is 6.20 Å². The van der Waals surface area contributed by atoms with Crippen molar-refractivity contribution in [3.8, 4) is 0 Å². The van der Waals surface area contributed by atoms with Gasteiger partial charge < -0.3 is 10.1 Å². The number of hydrogen-bond donors (Lipinski definition) is 3. The van der Waals surface area contributed by atoms with Gasteiger partial charge in [-0.05, 0) is 38.3 Å². The lowest BCUT2D eigenvalue weighted by molar-refractivity contribution is 0.0522. The highest BCUT2D eigenvalue weighted by Crippen LogP contribution is 2.27. The summed E-state index contributed by atoms with van der Waals surface area (Å²) < 4.78 is 32.2. The van der Waals surface area contributed by atoms with Crippen molar-refractivity contribution in [2.75, 3.05) is 26.2 Å². The SMILES string of the molecule is CCOC(=O)c1cn[nH]c1S(=O)(=O)NCC1(C)CCNCC1. The van der Waals surface area contributed by atoms with Gasteiger partial charge in [-0.25, -0.2) is 17.9 Å². The number of hydrogen-bond acceptors (Lipinski definition) is 6. The number of H-pyrrole nitrogens is 1. The van der Waals surface area contributed by atoms with Gasteiger partial charge in [0.2, 0.25) is 0 Å². The molecule has 0 unspecified atom stereocenters. The Bertz CT molecular complexity index is 620. The summed E-state index contributed by atoms with van der Waals surface area (Å²) in [6.07, 6.45) is 2.95. The molecule has 0 bridgehead atoms. The number of esters is 1. The number of aromatic amines is 1. The number of ether oxygens (including phenoxy) is 1. The van der Waals surface area contributed by atoms with E-state index in [1.54, 1.807) is 6.92 Å². The maximum Gasteiger partial charge on any atom is 0.342 e. The van der Waals surface area contributed by atoms with E-state index in [0.717, 1.165) is 25.9 Å². The molecule has 0 spiro atoms. The van der Waals surface area contributed by atoms with Gasteiger partial charge in [0.1, 0.15) is 5.56 Å². The van der Waals surface area contributed by atoms with Crippen molar-refractivity contribution in [2.24, 2.45) is 5.41 Å². The topological polar surface area (TPSA) is 113 Å². The number of aromatic nitrogens is 2. The molecule has 0 atom stereocenters.